The number of fused-ring (bicyclic) bond motifs is 4. The van der Waals surface area contributed by atoms with Gasteiger partial charge in [0.2, 0.25) is 11.4 Å². The average Bonchev–Trinajstić information content (AvgIpc) is 1.60. The van der Waals surface area contributed by atoms with Gasteiger partial charge < -0.3 is 34.4 Å². The van der Waals surface area contributed by atoms with Crippen molar-refractivity contribution in [1.29, 1.82) is 0 Å². The van der Waals surface area contributed by atoms with Crippen LogP contribution in [0.25, 0.3) is 0 Å². The molecular formula is C85H108ClN5O28S8. The topological polar surface area (TPSA) is 540 Å². The van der Waals surface area contributed by atoms with Gasteiger partial charge >= 0.3 is 11.9 Å². The summed E-state index contributed by atoms with van der Waals surface area (Å²) in [4.78, 5) is 24.7. The number of hydrogen-bond acceptors (Lipinski definition) is 23. The number of carbonyl (C=O) groups is 2. The summed E-state index contributed by atoms with van der Waals surface area (Å²) >= 11 is 7.03. The molecule has 9 N–H and O–H groups in total. The van der Waals surface area contributed by atoms with Crippen LogP contribution < -0.4 is 15.1 Å². The van der Waals surface area contributed by atoms with Gasteiger partial charge in [-0.2, -0.15) is 59.7 Å². The highest BCUT2D eigenvalue weighted by atomic mass is 35.5. The van der Waals surface area contributed by atoms with Crippen LogP contribution in [0, 0.1) is 17.8 Å². The third kappa shape index (κ3) is 24.7. The van der Waals surface area contributed by atoms with E-state index in [9.17, 15) is 118 Å². The Morgan fingerprint density at radius 3 is 1.17 bits per heavy atom. The van der Waals surface area contributed by atoms with Gasteiger partial charge in [-0.15, -0.1) is 0 Å². The molecule has 2 fully saturated rings. The number of halogens is 1. The van der Waals surface area contributed by atoms with Gasteiger partial charge in [0.05, 0.1) is 65.3 Å². The Bertz CT molecular complexity index is 6360. The van der Waals surface area contributed by atoms with Crippen LogP contribution in [0.5, 0.6) is 0 Å². The molecule has 1 saturated heterocycles. The average molecular weight is 1940 g/mol. The van der Waals surface area contributed by atoms with Crippen LogP contribution in [-0.4, -0.2) is 209 Å². The van der Waals surface area contributed by atoms with Gasteiger partial charge in [0.15, 0.2) is 11.4 Å². The number of anilines is 2. The second kappa shape index (κ2) is 38.9. The molecule has 42 heteroatoms. The maximum atomic E-state index is 12.2. The van der Waals surface area contributed by atoms with Crippen molar-refractivity contribution in [2.45, 2.75) is 199 Å². The molecule has 0 unspecified atom stereocenters. The number of hydrogen-bond donors (Lipinski definition) is 9. The lowest BCUT2D eigenvalue weighted by molar-refractivity contribution is -0.437. The molecule has 0 aromatic heterocycles. The predicted octanol–water partition coefficient (Wildman–Crippen LogP) is 12.0. The second-order valence-electron chi connectivity index (χ2n) is 34.9. The first-order valence-electron chi connectivity index (χ1n) is 41.2. The number of aliphatic carboxylic acids is 2. The van der Waals surface area contributed by atoms with E-state index in [-0.39, 0.29) is 73.5 Å². The number of piperidine rings is 1. The molecule has 1 saturated carbocycles. The second-order valence-corrected chi connectivity index (χ2v) is 47.2. The molecule has 8 aliphatic rings. The zero-order chi connectivity index (χ0) is 94.1. The molecule has 0 radical (unpaired) electrons. The molecule has 4 aromatic rings. The standard InChI is InChI=1S/C43H54N2O14S4.C36H43ClN2O12S4.C6H11NO2/c1-42(2)34-26-32(62(54,55)56)16-18-36(34)44(22-6-24-60(48,49)50)38(42)20-14-28-8-5-9-29(40(28)30-10-12-31(13-11-30)41(46)47)15-21-39-43(3,4)35-27-33(63(57,58)59)17-19-37(35)45(39)23-7-25-61(51,52)53;1-35(2)28-22-26(54(46,47)48)12-14-30(28)38(18-6-20-52(40,41)42)32(35)16-10-24-8-5-9-25(34(24)37)11-17-33-36(3,4)29-23-27(55(49,50)51)13-15-31(29)39(33)19-7-21-53(43,44)45;8-6(9)5-1-3-7-4-2-5/h14-21,26-27,30-31H,5-13,22-25H2,1-4H3,(H4-,46,47,48,49,50,51,52,53,54,55,56,57,58,59);10-17,22-23H,5-9,18-21H2,1-4H3,(H3-,40,41,42,43,44,45,46,47,48,49,50,51);5,7H,1-4H2,(H,8,9). The first-order chi connectivity index (χ1) is 58.6. The highest BCUT2D eigenvalue weighted by Crippen LogP contribution is 2.53. The van der Waals surface area contributed by atoms with Crippen molar-refractivity contribution in [2.24, 2.45) is 17.8 Å². The summed E-state index contributed by atoms with van der Waals surface area (Å²) in [6, 6.07) is 16.6. The minimum Gasteiger partial charge on any atom is -0.744 e. The van der Waals surface area contributed by atoms with E-state index in [2.05, 4.69) is 5.32 Å². The van der Waals surface area contributed by atoms with Crippen LogP contribution in [-0.2, 0) is 112 Å². The lowest BCUT2D eigenvalue weighted by atomic mass is 9.71. The van der Waals surface area contributed by atoms with Crippen molar-refractivity contribution in [3.8, 4) is 0 Å². The number of rotatable bonds is 29. The van der Waals surface area contributed by atoms with Gasteiger partial charge in [-0.3, -0.25) is 36.9 Å². The number of allylic oxidation sites excluding steroid dienone is 16. The highest BCUT2D eigenvalue weighted by Gasteiger charge is 2.48. The van der Waals surface area contributed by atoms with E-state index < -0.39 is 153 Å². The summed E-state index contributed by atoms with van der Waals surface area (Å²) in [5.74, 6) is -4.07. The van der Waals surface area contributed by atoms with Crippen molar-refractivity contribution < 1.29 is 133 Å². The number of benzene rings is 4. The molecule has 12 rings (SSSR count). The van der Waals surface area contributed by atoms with Crippen LogP contribution in [0.15, 0.2) is 185 Å². The molecule has 3 aliphatic carbocycles. The van der Waals surface area contributed by atoms with Crippen LogP contribution in [0.4, 0.5) is 22.7 Å². The molecular weight excluding hydrogens is 1830 g/mol. The Balaban J connectivity index is 0.000000242. The van der Waals surface area contributed by atoms with E-state index in [0.29, 0.717) is 124 Å². The van der Waals surface area contributed by atoms with Gasteiger partial charge in [-0.25, -0.2) is 16.8 Å². The largest absolute Gasteiger partial charge is 0.744 e. The molecule has 0 amide bonds. The minimum atomic E-state index is -4.80. The minimum absolute atomic E-state index is 0.0170. The third-order valence-corrected chi connectivity index (χ3v) is 31.8. The monoisotopic (exact) mass is 1940 g/mol. The van der Waals surface area contributed by atoms with Crippen LogP contribution in [0.1, 0.15) is 180 Å². The van der Waals surface area contributed by atoms with E-state index in [1.54, 1.807) is 12.1 Å². The van der Waals surface area contributed by atoms with Gasteiger partial charge in [0.1, 0.15) is 33.3 Å². The fourth-order valence-electron chi connectivity index (χ4n) is 18.3. The predicted molar refractivity (Wildman–Crippen MR) is 476 cm³/mol. The Labute approximate surface area is 748 Å². The number of nitrogens with one attached hydrogen (secondary N) is 1. The normalized spacial score (nSPS) is 21.7. The summed E-state index contributed by atoms with van der Waals surface area (Å²) in [6.07, 6.45) is 23.2. The maximum absolute atomic E-state index is 12.2. The van der Waals surface area contributed by atoms with Gasteiger partial charge in [0, 0.05) is 100.0 Å². The smallest absolute Gasteiger partial charge is 0.306 e. The SMILES string of the molecule is CC1(C)C(/C=C/C2=C(C3CCC(C(=O)O)CC3)C(=C/C=C3\N(CCCS(=O)(=O)O)c4ccc(S(=O)(=O)O)cc4C3(C)C)/CCC2)=[N+](CCCS(=O)(=O)O)c2ccc(S(=O)(=O)[O-])cc21.CC1(C)C(/C=C/C2=C(Cl)C(=C/C=C3\N(CCCS(=O)(=O)O)c4ccc(S(=O)(=O)O)cc4C3(C)C)/CCC2)=[N+](CCCS(=O)(=O)O)c2ccc(S(=O)(=O)[O-])cc21.O=C(O)C1CCNCC1. The van der Waals surface area contributed by atoms with E-state index in [4.69, 9.17) is 16.7 Å². The van der Waals surface area contributed by atoms with E-state index in [1.807, 2.05) is 123 Å². The first-order valence-corrected chi connectivity index (χ1v) is 53.7. The molecule has 4 aromatic carbocycles. The lowest BCUT2D eigenvalue weighted by Gasteiger charge is -2.33. The third-order valence-electron chi connectivity index (χ3n) is 24.7. The molecule has 0 atom stereocenters. The molecule has 33 nitrogen and oxygen atoms in total. The summed E-state index contributed by atoms with van der Waals surface area (Å²) in [5.41, 5.74) is 8.75. The fourth-order valence-corrected chi connectivity index (χ4v) is 22.6. The van der Waals surface area contributed by atoms with Crippen molar-refractivity contribution in [3.05, 3.63) is 188 Å². The number of nitrogens with zero attached hydrogens (tertiary/aromatic N) is 4. The lowest BCUT2D eigenvalue weighted by Crippen LogP contribution is -2.31. The van der Waals surface area contributed by atoms with Crippen LogP contribution in [0.3, 0.4) is 0 Å². The quantitative estimate of drug-likeness (QED) is 0.0180. The Kier molecular flexibility index (Phi) is 31.1. The summed E-state index contributed by atoms with van der Waals surface area (Å²) < 4.78 is 274. The van der Waals surface area contributed by atoms with Crippen LogP contribution >= 0.6 is 11.6 Å². The number of carboxylic acid groups (broad SMARTS) is 2. The highest BCUT2D eigenvalue weighted by molar-refractivity contribution is 7.87. The summed E-state index contributed by atoms with van der Waals surface area (Å²) in [5, 5.41) is 21.9. The maximum Gasteiger partial charge on any atom is 0.306 e. The van der Waals surface area contributed by atoms with E-state index >= 15 is 0 Å². The van der Waals surface area contributed by atoms with Gasteiger partial charge in [0.25, 0.3) is 60.7 Å². The van der Waals surface area contributed by atoms with E-state index in [0.717, 1.165) is 66.6 Å². The van der Waals surface area contributed by atoms with Crippen molar-refractivity contribution >= 4 is 139 Å². The van der Waals surface area contributed by atoms with Crippen molar-refractivity contribution in [3.63, 3.8) is 0 Å². The fraction of sp³-hybridized carbons (Fsp3) is 0.482. The van der Waals surface area contributed by atoms with Crippen LogP contribution in [0.2, 0.25) is 0 Å². The van der Waals surface area contributed by atoms with Crippen molar-refractivity contribution in [2.75, 3.05) is 72.1 Å². The Morgan fingerprint density at radius 1 is 0.441 bits per heavy atom. The van der Waals surface area contributed by atoms with E-state index in [1.165, 1.54) is 60.7 Å². The van der Waals surface area contributed by atoms with Crippen molar-refractivity contribution in [1.82, 2.24) is 5.32 Å². The Morgan fingerprint density at radius 2 is 0.795 bits per heavy atom. The molecule has 127 heavy (non-hydrogen) atoms. The summed E-state index contributed by atoms with van der Waals surface area (Å²) in [6.45, 7) is 17.3. The Hall–Kier alpha value is -7.79. The molecule has 0 bridgehead atoms. The molecule has 0 spiro atoms. The molecule has 696 valence electrons. The van der Waals surface area contributed by atoms with Gasteiger partial charge in [-0.05, 0) is 248 Å². The van der Waals surface area contributed by atoms with Gasteiger partial charge in [-0.1, -0.05) is 63.6 Å². The molecule has 5 heterocycles. The zero-order valence-electron chi connectivity index (χ0n) is 71.3. The first kappa shape index (κ1) is 101. The zero-order valence-corrected chi connectivity index (χ0v) is 78.6. The molecule has 5 aliphatic heterocycles. The number of carboxylic acids is 2. The summed E-state index contributed by atoms with van der Waals surface area (Å²) in [7, 11) is -35.7.